The van der Waals surface area contributed by atoms with Crippen molar-refractivity contribution >= 4 is 49.0 Å². The Hall–Kier alpha value is -2.00. The molecule has 0 saturated heterocycles. The maximum absolute atomic E-state index is 11.9. The minimum atomic E-state index is -0.575. The molecule has 0 aliphatic carbocycles. The first-order valence-corrected chi connectivity index (χ1v) is 6.56. The molecule has 98 valence electrons. The van der Waals surface area contributed by atoms with Gasteiger partial charge in [0.05, 0.1) is 10.5 Å². The SMILES string of the molecule is Nc1ccccc1C(=O)Nc1nc(Br)c([N+](=O)[O-])s1. The molecular formula is C10H7BrN4O3S. The van der Waals surface area contributed by atoms with Gasteiger partial charge in [-0.1, -0.05) is 12.1 Å². The van der Waals surface area contributed by atoms with Gasteiger partial charge < -0.3 is 5.73 Å². The van der Waals surface area contributed by atoms with Gasteiger partial charge in [0.1, 0.15) is 0 Å². The molecule has 1 amide bonds. The Morgan fingerprint density at radius 2 is 2.16 bits per heavy atom. The van der Waals surface area contributed by atoms with Gasteiger partial charge in [0.2, 0.25) is 0 Å². The highest BCUT2D eigenvalue weighted by Gasteiger charge is 2.20. The lowest BCUT2D eigenvalue weighted by molar-refractivity contribution is -0.381. The lowest BCUT2D eigenvalue weighted by Crippen LogP contribution is -2.13. The molecule has 0 spiro atoms. The molecule has 7 nitrogen and oxygen atoms in total. The fraction of sp³-hybridized carbons (Fsp3) is 0. The van der Waals surface area contributed by atoms with Crippen LogP contribution in [0.3, 0.4) is 0 Å². The van der Waals surface area contributed by atoms with Crippen molar-refractivity contribution < 1.29 is 9.72 Å². The van der Waals surface area contributed by atoms with E-state index in [2.05, 4.69) is 26.2 Å². The van der Waals surface area contributed by atoms with Gasteiger partial charge >= 0.3 is 5.00 Å². The standard InChI is InChI=1S/C10H7BrN4O3S/c11-7-9(15(17)18)19-10(13-7)14-8(16)5-3-1-2-4-6(5)12/h1-4H,12H2,(H,13,14,16). The highest BCUT2D eigenvalue weighted by atomic mass is 79.9. The number of carbonyl (C=O) groups is 1. The van der Waals surface area contributed by atoms with Crippen LogP contribution < -0.4 is 11.1 Å². The number of hydrogen-bond donors (Lipinski definition) is 2. The van der Waals surface area contributed by atoms with Crippen LogP contribution in [0.4, 0.5) is 15.8 Å². The van der Waals surface area contributed by atoms with Crippen LogP contribution in [-0.2, 0) is 0 Å². The first kappa shape index (κ1) is 13.4. The zero-order chi connectivity index (χ0) is 14.0. The minimum absolute atomic E-state index is 0.0823. The number of para-hydroxylation sites is 1. The number of nitrogens with zero attached hydrogens (tertiary/aromatic N) is 2. The topological polar surface area (TPSA) is 111 Å². The van der Waals surface area contributed by atoms with Crippen LogP contribution in [0.1, 0.15) is 10.4 Å². The summed E-state index contributed by atoms with van der Waals surface area (Å²) in [5.41, 5.74) is 6.28. The Bertz CT molecular complexity index is 658. The monoisotopic (exact) mass is 342 g/mol. The van der Waals surface area contributed by atoms with Crippen molar-refractivity contribution in [2.45, 2.75) is 0 Å². The summed E-state index contributed by atoms with van der Waals surface area (Å²) in [5, 5.41) is 13.1. The minimum Gasteiger partial charge on any atom is -0.398 e. The highest BCUT2D eigenvalue weighted by molar-refractivity contribution is 9.10. The second-order valence-corrected chi connectivity index (χ2v) is 5.14. The number of nitrogen functional groups attached to an aromatic ring is 1. The molecule has 2 rings (SSSR count). The number of nitrogens with two attached hydrogens (primary N) is 1. The average molecular weight is 343 g/mol. The summed E-state index contributed by atoms with van der Waals surface area (Å²) in [4.78, 5) is 25.8. The molecule has 0 aliphatic heterocycles. The second kappa shape index (κ2) is 5.33. The number of anilines is 2. The van der Waals surface area contributed by atoms with Crippen LogP contribution in [0.5, 0.6) is 0 Å². The lowest BCUT2D eigenvalue weighted by atomic mass is 10.2. The molecule has 19 heavy (non-hydrogen) atoms. The molecule has 1 heterocycles. The van der Waals surface area contributed by atoms with E-state index in [0.717, 1.165) is 11.3 Å². The van der Waals surface area contributed by atoms with Crippen molar-refractivity contribution in [1.29, 1.82) is 0 Å². The Kier molecular flexibility index (Phi) is 3.76. The summed E-state index contributed by atoms with van der Waals surface area (Å²) in [6.07, 6.45) is 0. The largest absolute Gasteiger partial charge is 0.398 e. The van der Waals surface area contributed by atoms with Gasteiger partial charge in [0, 0.05) is 5.69 Å². The Labute approximate surface area is 119 Å². The predicted molar refractivity (Wildman–Crippen MR) is 75.3 cm³/mol. The van der Waals surface area contributed by atoms with Crippen molar-refractivity contribution in [3.8, 4) is 0 Å². The van der Waals surface area contributed by atoms with E-state index in [1.807, 2.05) is 0 Å². The molecule has 1 aromatic heterocycles. The summed E-state index contributed by atoms with van der Waals surface area (Å²) in [7, 11) is 0. The number of halogens is 1. The van der Waals surface area contributed by atoms with Crippen LogP contribution in [0.25, 0.3) is 0 Å². The summed E-state index contributed by atoms with van der Waals surface area (Å²) in [6.45, 7) is 0. The van der Waals surface area contributed by atoms with Gasteiger partial charge in [0.25, 0.3) is 5.91 Å². The van der Waals surface area contributed by atoms with Crippen LogP contribution in [0, 0.1) is 10.1 Å². The van der Waals surface area contributed by atoms with Crippen molar-refractivity contribution in [2.75, 3.05) is 11.1 Å². The molecule has 0 saturated carbocycles. The van der Waals surface area contributed by atoms with E-state index < -0.39 is 10.8 Å². The summed E-state index contributed by atoms with van der Waals surface area (Å²) in [6, 6.07) is 6.53. The third kappa shape index (κ3) is 2.88. The molecule has 0 atom stereocenters. The number of carbonyl (C=O) groups excluding carboxylic acids is 1. The summed E-state index contributed by atoms with van der Waals surface area (Å²) in [5.74, 6) is -0.464. The quantitative estimate of drug-likeness (QED) is 0.506. The molecular weight excluding hydrogens is 336 g/mol. The number of nitro groups is 1. The molecule has 0 bridgehead atoms. The molecule has 0 fully saturated rings. The lowest BCUT2D eigenvalue weighted by Gasteiger charge is -2.03. The summed E-state index contributed by atoms with van der Waals surface area (Å²) >= 11 is 3.73. The zero-order valence-corrected chi connectivity index (χ0v) is 11.7. The van der Waals surface area contributed by atoms with E-state index in [1.54, 1.807) is 24.3 Å². The van der Waals surface area contributed by atoms with Crippen LogP contribution in [0.15, 0.2) is 28.9 Å². The van der Waals surface area contributed by atoms with E-state index in [1.165, 1.54) is 0 Å². The van der Waals surface area contributed by atoms with Gasteiger partial charge in [-0.15, -0.1) is 0 Å². The van der Waals surface area contributed by atoms with Crippen molar-refractivity contribution in [3.05, 3.63) is 44.5 Å². The van der Waals surface area contributed by atoms with Crippen molar-refractivity contribution in [1.82, 2.24) is 4.98 Å². The van der Waals surface area contributed by atoms with Crippen LogP contribution in [-0.4, -0.2) is 15.8 Å². The fourth-order valence-corrected chi connectivity index (χ4v) is 2.68. The zero-order valence-electron chi connectivity index (χ0n) is 9.29. The normalized spacial score (nSPS) is 10.2. The number of nitrogens with one attached hydrogen (secondary N) is 1. The van der Waals surface area contributed by atoms with E-state index in [4.69, 9.17) is 5.73 Å². The molecule has 9 heteroatoms. The smallest absolute Gasteiger partial charge is 0.360 e. The number of thiazole rings is 1. The van der Waals surface area contributed by atoms with Crippen molar-refractivity contribution in [3.63, 3.8) is 0 Å². The van der Waals surface area contributed by atoms with Crippen molar-refractivity contribution in [2.24, 2.45) is 0 Å². The van der Waals surface area contributed by atoms with Crippen LogP contribution in [0.2, 0.25) is 0 Å². The third-order valence-corrected chi connectivity index (χ3v) is 3.90. The third-order valence-electron chi connectivity index (χ3n) is 2.16. The number of aromatic nitrogens is 1. The molecule has 0 unspecified atom stereocenters. The molecule has 3 N–H and O–H groups in total. The van der Waals surface area contributed by atoms with E-state index in [0.29, 0.717) is 5.69 Å². The molecule has 2 aromatic rings. The van der Waals surface area contributed by atoms with Crippen LogP contribution >= 0.6 is 27.3 Å². The molecule has 0 aliphatic rings. The fourth-order valence-electron chi connectivity index (χ4n) is 1.33. The number of rotatable bonds is 3. The van der Waals surface area contributed by atoms with Gasteiger partial charge in [-0.2, -0.15) is 0 Å². The van der Waals surface area contributed by atoms with Gasteiger partial charge in [-0.25, -0.2) is 4.98 Å². The Morgan fingerprint density at radius 3 is 2.74 bits per heavy atom. The number of benzene rings is 1. The maximum atomic E-state index is 11.9. The molecule has 1 aromatic carbocycles. The maximum Gasteiger partial charge on any atom is 0.360 e. The number of hydrogen-bond acceptors (Lipinski definition) is 6. The van der Waals surface area contributed by atoms with E-state index >= 15 is 0 Å². The van der Waals surface area contributed by atoms with E-state index in [-0.39, 0.29) is 20.3 Å². The van der Waals surface area contributed by atoms with Gasteiger partial charge in [-0.3, -0.25) is 20.2 Å². The first-order chi connectivity index (χ1) is 8.99. The Morgan fingerprint density at radius 1 is 1.47 bits per heavy atom. The Balaban J connectivity index is 2.22. The van der Waals surface area contributed by atoms with E-state index in [9.17, 15) is 14.9 Å². The number of amides is 1. The first-order valence-electron chi connectivity index (χ1n) is 4.95. The average Bonchev–Trinajstić information content (AvgIpc) is 2.70. The van der Waals surface area contributed by atoms with Gasteiger partial charge in [0.15, 0.2) is 9.73 Å². The highest BCUT2D eigenvalue weighted by Crippen LogP contribution is 2.34. The predicted octanol–water partition coefficient (Wildman–Crippen LogP) is 2.65. The van der Waals surface area contributed by atoms with Gasteiger partial charge in [-0.05, 0) is 39.4 Å². The molecule has 0 radical (unpaired) electrons. The summed E-state index contributed by atoms with van der Waals surface area (Å²) < 4.78 is 0.0823. The second-order valence-electron chi connectivity index (χ2n) is 3.41.